The molecule has 0 saturated heterocycles. The van der Waals surface area contributed by atoms with Gasteiger partial charge < -0.3 is 10.4 Å². The highest BCUT2D eigenvalue weighted by atomic mass is 79.9. The largest absolute Gasteiger partial charge is 0.480 e. The highest BCUT2D eigenvalue weighted by molar-refractivity contribution is 9.10. The molecule has 4 nitrogen and oxygen atoms in total. The van der Waals surface area contributed by atoms with Gasteiger partial charge in [-0.05, 0) is 30.0 Å². The summed E-state index contributed by atoms with van der Waals surface area (Å²) in [6, 6.07) is 4.25. The van der Waals surface area contributed by atoms with Gasteiger partial charge >= 0.3 is 5.97 Å². The van der Waals surface area contributed by atoms with E-state index in [1.54, 1.807) is 32.9 Å². The van der Waals surface area contributed by atoms with Crippen molar-refractivity contribution >= 4 is 27.8 Å². The van der Waals surface area contributed by atoms with Crippen LogP contribution in [-0.4, -0.2) is 23.0 Å². The lowest BCUT2D eigenvalue weighted by atomic mass is 9.86. The van der Waals surface area contributed by atoms with Crippen molar-refractivity contribution < 1.29 is 14.7 Å². The van der Waals surface area contributed by atoms with Crippen molar-refractivity contribution in [3.05, 3.63) is 33.8 Å². The molecule has 1 unspecified atom stereocenters. The summed E-state index contributed by atoms with van der Waals surface area (Å²) in [5, 5.41) is 11.7. The van der Waals surface area contributed by atoms with E-state index < -0.39 is 17.4 Å². The molecule has 0 aromatic heterocycles. The highest BCUT2D eigenvalue weighted by Gasteiger charge is 2.32. The first-order chi connectivity index (χ1) is 8.62. The zero-order valence-electron chi connectivity index (χ0n) is 11.5. The zero-order chi connectivity index (χ0) is 14.8. The Morgan fingerprint density at radius 2 is 1.89 bits per heavy atom. The van der Waals surface area contributed by atoms with E-state index in [9.17, 15) is 14.7 Å². The Hall–Kier alpha value is -1.36. The van der Waals surface area contributed by atoms with Crippen molar-refractivity contribution in [1.29, 1.82) is 0 Å². The molecule has 1 aromatic carbocycles. The third kappa shape index (κ3) is 4.06. The summed E-state index contributed by atoms with van der Waals surface area (Å²) in [6.45, 7) is 7.24. The van der Waals surface area contributed by atoms with Crippen LogP contribution in [0.5, 0.6) is 0 Å². The minimum absolute atomic E-state index is 0.386. The molecule has 0 aliphatic carbocycles. The fraction of sp³-hybridized carbons (Fsp3) is 0.429. The van der Waals surface area contributed by atoms with Gasteiger partial charge in [0, 0.05) is 10.0 Å². The summed E-state index contributed by atoms with van der Waals surface area (Å²) in [7, 11) is 0. The van der Waals surface area contributed by atoms with E-state index in [-0.39, 0.29) is 5.91 Å². The summed E-state index contributed by atoms with van der Waals surface area (Å²) in [6.07, 6.45) is 0. The molecule has 0 fully saturated rings. The maximum atomic E-state index is 12.1. The molecular formula is C14H18BrNO3. The lowest BCUT2D eigenvalue weighted by molar-refractivity contribution is -0.142. The summed E-state index contributed by atoms with van der Waals surface area (Å²) in [4.78, 5) is 23.3. The van der Waals surface area contributed by atoms with Crippen molar-refractivity contribution in [1.82, 2.24) is 5.32 Å². The van der Waals surface area contributed by atoms with Crippen LogP contribution in [0.4, 0.5) is 0 Å². The monoisotopic (exact) mass is 327 g/mol. The number of amides is 1. The molecule has 0 aliphatic rings. The van der Waals surface area contributed by atoms with Crippen molar-refractivity contribution in [2.75, 3.05) is 0 Å². The molecule has 0 saturated carbocycles. The topological polar surface area (TPSA) is 66.4 Å². The Morgan fingerprint density at radius 3 is 2.32 bits per heavy atom. The first-order valence-corrected chi connectivity index (χ1v) is 6.72. The quantitative estimate of drug-likeness (QED) is 0.896. The van der Waals surface area contributed by atoms with Crippen LogP contribution in [0.1, 0.15) is 36.7 Å². The third-order valence-corrected chi connectivity index (χ3v) is 3.68. The zero-order valence-corrected chi connectivity index (χ0v) is 13.0. The van der Waals surface area contributed by atoms with Crippen LogP contribution in [0, 0.1) is 12.3 Å². The van der Waals surface area contributed by atoms with Gasteiger partial charge in [0.2, 0.25) is 0 Å². The Bertz CT molecular complexity index is 506. The van der Waals surface area contributed by atoms with Crippen LogP contribution in [0.25, 0.3) is 0 Å². The molecule has 5 heteroatoms. The maximum Gasteiger partial charge on any atom is 0.326 e. The Balaban J connectivity index is 2.94. The van der Waals surface area contributed by atoms with Gasteiger partial charge in [-0.25, -0.2) is 4.79 Å². The molecular weight excluding hydrogens is 310 g/mol. The first kappa shape index (κ1) is 15.7. The second-order valence-electron chi connectivity index (χ2n) is 5.57. The lowest BCUT2D eigenvalue weighted by Crippen LogP contribution is -2.49. The molecule has 1 amide bonds. The van der Waals surface area contributed by atoms with Crippen molar-refractivity contribution in [3.8, 4) is 0 Å². The van der Waals surface area contributed by atoms with Gasteiger partial charge in [0.1, 0.15) is 6.04 Å². The standard InChI is InChI=1S/C14H18BrNO3/c1-8-5-6-9(7-10(8)15)12(17)16-11(13(18)19)14(2,3)4/h5-7,11H,1-4H3,(H,16,17)(H,18,19). The molecule has 1 aromatic rings. The smallest absolute Gasteiger partial charge is 0.326 e. The number of carbonyl (C=O) groups is 2. The molecule has 0 aliphatic heterocycles. The molecule has 0 spiro atoms. The molecule has 0 radical (unpaired) electrons. The van der Waals surface area contributed by atoms with E-state index in [1.807, 2.05) is 13.0 Å². The van der Waals surface area contributed by atoms with Crippen LogP contribution in [0.2, 0.25) is 0 Å². The number of halogens is 1. The Labute approximate surface area is 121 Å². The van der Waals surface area contributed by atoms with Crippen LogP contribution in [0.15, 0.2) is 22.7 Å². The predicted molar refractivity (Wildman–Crippen MR) is 77.2 cm³/mol. The molecule has 0 bridgehead atoms. The van der Waals surface area contributed by atoms with Crippen LogP contribution in [0.3, 0.4) is 0 Å². The third-order valence-electron chi connectivity index (χ3n) is 2.82. The van der Waals surface area contributed by atoms with Gasteiger partial charge in [-0.2, -0.15) is 0 Å². The average Bonchev–Trinajstić information content (AvgIpc) is 2.27. The van der Waals surface area contributed by atoms with E-state index >= 15 is 0 Å². The number of carbonyl (C=O) groups excluding carboxylic acids is 1. The summed E-state index contributed by atoms with van der Waals surface area (Å²) >= 11 is 3.35. The first-order valence-electron chi connectivity index (χ1n) is 5.92. The molecule has 1 atom stereocenters. The van der Waals surface area contributed by atoms with Crippen molar-refractivity contribution in [2.24, 2.45) is 5.41 Å². The lowest BCUT2D eigenvalue weighted by Gasteiger charge is -2.27. The fourth-order valence-corrected chi connectivity index (χ4v) is 1.98. The number of rotatable bonds is 3. The van der Waals surface area contributed by atoms with Gasteiger partial charge in [-0.1, -0.05) is 42.8 Å². The van der Waals surface area contributed by atoms with Gasteiger partial charge in [-0.15, -0.1) is 0 Å². The second kappa shape index (κ2) is 5.74. The van der Waals surface area contributed by atoms with E-state index in [0.717, 1.165) is 10.0 Å². The molecule has 104 valence electrons. The number of aryl methyl sites for hydroxylation is 1. The Kier molecular flexibility index (Phi) is 4.74. The van der Waals surface area contributed by atoms with Gasteiger partial charge in [0.25, 0.3) is 5.91 Å². The SMILES string of the molecule is Cc1ccc(C(=O)NC(C(=O)O)C(C)(C)C)cc1Br. The van der Waals surface area contributed by atoms with Crippen molar-refractivity contribution in [3.63, 3.8) is 0 Å². The number of carboxylic acids is 1. The molecule has 0 heterocycles. The average molecular weight is 328 g/mol. The fourth-order valence-electron chi connectivity index (χ4n) is 1.60. The normalized spacial score (nSPS) is 12.9. The predicted octanol–water partition coefficient (Wildman–Crippen LogP) is 2.99. The van der Waals surface area contributed by atoms with Crippen LogP contribution >= 0.6 is 15.9 Å². The number of nitrogens with one attached hydrogen (secondary N) is 1. The van der Waals surface area contributed by atoms with E-state index in [1.165, 1.54) is 0 Å². The summed E-state index contributed by atoms with van der Waals surface area (Å²) in [5.41, 5.74) is 0.902. The number of benzene rings is 1. The summed E-state index contributed by atoms with van der Waals surface area (Å²) < 4.78 is 0.822. The second-order valence-corrected chi connectivity index (χ2v) is 6.43. The van der Waals surface area contributed by atoms with Crippen LogP contribution < -0.4 is 5.32 Å². The number of aliphatic carboxylic acids is 1. The highest BCUT2D eigenvalue weighted by Crippen LogP contribution is 2.21. The molecule has 19 heavy (non-hydrogen) atoms. The molecule has 2 N–H and O–H groups in total. The van der Waals surface area contributed by atoms with Gasteiger partial charge in [0.15, 0.2) is 0 Å². The number of carboxylic acid groups (broad SMARTS) is 1. The minimum atomic E-state index is -1.04. The van der Waals surface area contributed by atoms with Crippen LogP contribution in [-0.2, 0) is 4.79 Å². The van der Waals surface area contributed by atoms with E-state index in [0.29, 0.717) is 5.56 Å². The van der Waals surface area contributed by atoms with E-state index in [2.05, 4.69) is 21.2 Å². The number of hydrogen-bond donors (Lipinski definition) is 2. The van der Waals surface area contributed by atoms with Crippen molar-refractivity contribution in [2.45, 2.75) is 33.7 Å². The minimum Gasteiger partial charge on any atom is -0.480 e. The number of hydrogen-bond acceptors (Lipinski definition) is 2. The van der Waals surface area contributed by atoms with E-state index in [4.69, 9.17) is 0 Å². The summed E-state index contributed by atoms with van der Waals surface area (Å²) in [5.74, 6) is -1.42. The maximum absolute atomic E-state index is 12.1. The Morgan fingerprint density at radius 1 is 1.32 bits per heavy atom. The van der Waals surface area contributed by atoms with Gasteiger partial charge in [-0.3, -0.25) is 4.79 Å². The molecule has 1 rings (SSSR count). The van der Waals surface area contributed by atoms with Gasteiger partial charge in [0.05, 0.1) is 0 Å².